The molecule has 2 rings (SSSR count). The Labute approximate surface area is 156 Å². The molecule has 0 heterocycles. The molecule has 0 unspecified atom stereocenters. The fraction of sp³-hybridized carbons (Fsp3) is 0.286. The molecule has 0 saturated heterocycles. The van der Waals surface area contributed by atoms with Gasteiger partial charge < -0.3 is 15.0 Å². The molecule has 0 aromatic heterocycles. The highest BCUT2D eigenvalue weighted by molar-refractivity contribution is 5.82. The summed E-state index contributed by atoms with van der Waals surface area (Å²) in [7, 11) is 0. The predicted molar refractivity (Wildman–Crippen MR) is 107 cm³/mol. The highest BCUT2D eigenvalue weighted by Crippen LogP contribution is 2.11. The molecule has 0 atom stereocenters. The van der Waals surface area contributed by atoms with Gasteiger partial charge in [-0.25, -0.2) is 0 Å². The molecule has 2 aromatic rings. The Balaban J connectivity index is -0.000000284. The summed E-state index contributed by atoms with van der Waals surface area (Å²) in [5, 5.41) is 17.5. The quantitative estimate of drug-likeness (QED) is 0.629. The normalized spacial score (nSPS) is 7.77. The van der Waals surface area contributed by atoms with E-state index in [1.807, 2.05) is 13.8 Å². The van der Waals surface area contributed by atoms with E-state index in [1.54, 1.807) is 0 Å². The molecule has 0 fully saturated rings. The topological polar surface area (TPSA) is 91.7 Å². The van der Waals surface area contributed by atoms with E-state index in [9.17, 15) is 4.79 Å². The third-order valence-corrected chi connectivity index (χ3v) is 1.66. The Kier molecular flexibility index (Phi) is 19.7. The molecule has 2 aromatic carbocycles. The molecule has 0 spiro atoms. The zero-order valence-electron chi connectivity index (χ0n) is 16.4. The number of hydrogen-bond acceptors (Lipinski definition) is 3. The first-order valence-electron chi connectivity index (χ1n) is 7.82. The van der Waals surface area contributed by atoms with Crippen molar-refractivity contribution in [2.45, 2.75) is 41.5 Å². The van der Waals surface area contributed by atoms with Gasteiger partial charge in [0, 0.05) is 13.8 Å². The molecule has 0 amide bonds. The van der Waals surface area contributed by atoms with Crippen LogP contribution in [0.3, 0.4) is 0 Å². The number of carbonyl (C=O) groups excluding carboxylic acids is 1. The van der Waals surface area contributed by atoms with Gasteiger partial charge in [-0.15, -0.1) is 6.58 Å². The maximum atomic E-state index is 9.44. The van der Waals surface area contributed by atoms with Crippen LogP contribution >= 0.6 is 0 Å². The van der Waals surface area contributed by atoms with Gasteiger partial charge in [-0.2, -0.15) is 0 Å². The number of allylic oxidation sites excluding steroid dienone is 1. The number of Topliss-reactive ketones (excluding diaryl/α,β-unsaturated/α-hetero) is 1. The lowest BCUT2D eigenvalue weighted by molar-refractivity contribution is -0.135. The van der Waals surface area contributed by atoms with Crippen molar-refractivity contribution in [2.75, 3.05) is 0 Å². The number of rotatable bonds is 0. The SMILES string of the molecule is C=C(C)C.CC(=O)O.CC(=O)O.CC(C)=O.c1ccc2ccccc2c1. The Bertz CT molecular complexity index is 545. The monoisotopic (exact) mass is 362 g/mol. The molecular formula is C21H30O5. The molecule has 5 nitrogen and oxygen atoms in total. The first kappa shape index (κ1) is 27.9. The number of carbonyl (C=O) groups is 3. The highest BCUT2D eigenvalue weighted by atomic mass is 16.4. The molecule has 0 saturated carbocycles. The smallest absolute Gasteiger partial charge is 0.300 e. The Morgan fingerprint density at radius 3 is 0.885 bits per heavy atom. The average Bonchev–Trinajstić information content (AvgIpc) is 2.45. The molecular weight excluding hydrogens is 332 g/mol. The maximum Gasteiger partial charge on any atom is 0.300 e. The summed E-state index contributed by atoms with van der Waals surface area (Å²) in [6.45, 7) is 12.7. The summed E-state index contributed by atoms with van der Waals surface area (Å²) in [4.78, 5) is 27.4. The van der Waals surface area contributed by atoms with E-state index >= 15 is 0 Å². The number of benzene rings is 2. The van der Waals surface area contributed by atoms with Gasteiger partial charge in [0.2, 0.25) is 0 Å². The van der Waals surface area contributed by atoms with Crippen molar-refractivity contribution in [3.8, 4) is 0 Å². The summed E-state index contributed by atoms with van der Waals surface area (Å²) in [5.41, 5.74) is 1.17. The minimum atomic E-state index is -0.833. The second kappa shape index (κ2) is 18.4. The van der Waals surface area contributed by atoms with Crippen LogP contribution in [0.4, 0.5) is 0 Å². The minimum Gasteiger partial charge on any atom is -0.481 e. The van der Waals surface area contributed by atoms with E-state index in [4.69, 9.17) is 19.8 Å². The molecule has 0 radical (unpaired) electrons. The van der Waals surface area contributed by atoms with Crippen molar-refractivity contribution in [2.24, 2.45) is 0 Å². The molecule has 26 heavy (non-hydrogen) atoms. The van der Waals surface area contributed by atoms with Crippen LogP contribution < -0.4 is 0 Å². The first-order chi connectivity index (χ1) is 11.9. The van der Waals surface area contributed by atoms with Crippen LogP contribution in [-0.2, 0) is 14.4 Å². The summed E-state index contributed by atoms with van der Waals surface area (Å²) in [5.74, 6) is -1.50. The summed E-state index contributed by atoms with van der Waals surface area (Å²) < 4.78 is 0. The maximum absolute atomic E-state index is 9.44. The van der Waals surface area contributed by atoms with Gasteiger partial charge in [0.05, 0.1) is 0 Å². The van der Waals surface area contributed by atoms with Crippen LogP contribution in [-0.4, -0.2) is 27.9 Å². The van der Waals surface area contributed by atoms with Crippen molar-refractivity contribution in [3.05, 3.63) is 60.7 Å². The fourth-order valence-electron chi connectivity index (χ4n) is 1.13. The van der Waals surface area contributed by atoms with Gasteiger partial charge in [-0.05, 0) is 38.5 Å². The van der Waals surface area contributed by atoms with Crippen molar-refractivity contribution in [3.63, 3.8) is 0 Å². The minimum absolute atomic E-state index is 0.167. The van der Waals surface area contributed by atoms with E-state index in [0.717, 1.165) is 13.8 Å². The summed E-state index contributed by atoms with van der Waals surface area (Å²) >= 11 is 0. The summed E-state index contributed by atoms with van der Waals surface area (Å²) in [6, 6.07) is 16.7. The predicted octanol–water partition coefficient (Wildman–Crippen LogP) is 5.20. The van der Waals surface area contributed by atoms with Gasteiger partial charge in [-0.1, -0.05) is 54.1 Å². The van der Waals surface area contributed by atoms with E-state index in [0.29, 0.717) is 0 Å². The second-order valence-corrected chi connectivity index (χ2v) is 5.50. The van der Waals surface area contributed by atoms with Crippen LogP contribution in [0.2, 0.25) is 0 Å². The van der Waals surface area contributed by atoms with Crippen LogP contribution in [0.15, 0.2) is 60.7 Å². The van der Waals surface area contributed by atoms with Gasteiger partial charge in [0.15, 0.2) is 0 Å². The number of aliphatic carboxylic acids is 2. The zero-order chi connectivity index (χ0) is 21.1. The van der Waals surface area contributed by atoms with Crippen molar-refractivity contribution in [1.29, 1.82) is 0 Å². The van der Waals surface area contributed by atoms with Crippen molar-refractivity contribution in [1.82, 2.24) is 0 Å². The fourth-order valence-corrected chi connectivity index (χ4v) is 1.13. The largest absolute Gasteiger partial charge is 0.481 e. The first-order valence-corrected chi connectivity index (χ1v) is 7.82. The Hall–Kier alpha value is -2.95. The third kappa shape index (κ3) is 37.4. The van der Waals surface area contributed by atoms with Crippen LogP contribution in [0, 0.1) is 0 Å². The number of hydrogen-bond donors (Lipinski definition) is 2. The van der Waals surface area contributed by atoms with Gasteiger partial charge in [0.25, 0.3) is 11.9 Å². The lowest BCUT2D eigenvalue weighted by Crippen LogP contribution is -1.78. The molecule has 0 aliphatic carbocycles. The molecule has 0 aliphatic rings. The van der Waals surface area contributed by atoms with Crippen molar-refractivity contribution >= 4 is 28.5 Å². The Morgan fingerprint density at radius 1 is 0.654 bits per heavy atom. The van der Waals surface area contributed by atoms with Gasteiger partial charge in [0.1, 0.15) is 5.78 Å². The molecule has 2 N–H and O–H groups in total. The van der Waals surface area contributed by atoms with Crippen molar-refractivity contribution < 1.29 is 24.6 Å². The zero-order valence-corrected chi connectivity index (χ0v) is 16.4. The average molecular weight is 362 g/mol. The van der Waals surface area contributed by atoms with Gasteiger partial charge in [-0.3, -0.25) is 9.59 Å². The standard InChI is InChI=1S/C10H8.C4H8.C3H6O.2C2H4O2/c1-2-6-10-8-4-3-7-9(10)5-1;1-4(2)3;1-3(2)4;2*1-2(3)4/h1-8H;1H2,2-3H3;1-2H3;2*1H3,(H,3,4). The van der Waals surface area contributed by atoms with E-state index < -0.39 is 11.9 Å². The number of fused-ring (bicyclic) bond motifs is 1. The Morgan fingerprint density at radius 2 is 0.769 bits per heavy atom. The van der Waals surface area contributed by atoms with E-state index in [1.165, 1.54) is 30.2 Å². The molecule has 0 aliphatic heterocycles. The lowest BCUT2D eigenvalue weighted by atomic mass is 10.1. The van der Waals surface area contributed by atoms with Crippen LogP contribution in [0.5, 0.6) is 0 Å². The second-order valence-electron chi connectivity index (χ2n) is 5.50. The van der Waals surface area contributed by atoms with Crippen LogP contribution in [0.1, 0.15) is 41.5 Å². The summed E-state index contributed by atoms with van der Waals surface area (Å²) in [6.07, 6.45) is 0. The number of carboxylic acid groups (broad SMARTS) is 2. The third-order valence-electron chi connectivity index (χ3n) is 1.66. The van der Waals surface area contributed by atoms with Gasteiger partial charge >= 0.3 is 0 Å². The van der Waals surface area contributed by atoms with Crippen LogP contribution in [0.25, 0.3) is 10.8 Å². The number of carboxylic acids is 2. The molecule has 5 heteroatoms. The molecule has 0 bridgehead atoms. The highest BCUT2D eigenvalue weighted by Gasteiger charge is 1.85. The molecule has 144 valence electrons. The number of ketones is 1. The van der Waals surface area contributed by atoms with E-state index in [-0.39, 0.29) is 5.78 Å². The van der Waals surface area contributed by atoms with E-state index in [2.05, 4.69) is 55.1 Å². The lowest BCUT2D eigenvalue weighted by Gasteiger charge is -1.92.